The van der Waals surface area contributed by atoms with Crippen LogP contribution in [0.4, 0.5) is 0 Å². The molecule has 0 aliphatic carbocycles. The van der Waals surface area contributed by atoms with Crippen LogP contribution in [0.1, 0.15) is 18.9 Å². The van der Waals surface area contributed by atoms with Gasteiger partial charge in [-0.05, 0) is 24.1 Å². The number of allylic oxidation sites excluding steroid dienone is 2. The van der Waals surface area contributed by atoms with Crippen molar-refractivity contribution < 1.29 is 14.7 Å². The fourth-order valence-electron chi connectivity index (χ4n) is 1.96. The Morgan fingerprint density at radius 2 is 2.05 bits per heavy atom. The minimum atomic E-state index is -1.20. The Bertz CT molecular complexity index is 665. The first-order valence-corrected chi connectivity index (χ1v) is 7.88. The van der Waals surface area contributed by atoms with E-state index in [0.29, 0.717) is 9.23 Å². The van der Waals surface area contributed by atoms with Crippen molar-refractivity contribution in [1.82, 2.24) is 4.90 Å². The van der Waals surface area contributed by atoms with Crippen LogP contribution in [0, 0.1) is 0 Å². The summed E-state index contributed by atoms with van der Waals surface area (Å²) in [6.45, 7) is 1.95. The molecular weight excluding hydrogens is 318 g/mol. The van der Waals surface area contributed by atoms with Gasteiger partial charge in [0.25, 0.3) is 5.91 Å². The molecule has 1 aromatic carbocycles. The van der Waals surface area contributed by atoms with Crippen LogP contribution in [0.15, 0.2) is 46.9 Å². The van der Waals surface area contributed by atoms with Crippen molar-refractivity contribution in [2.75, 3.05) is 6.54 Å². The van der Waals surface area contributed by atoms with Gasteiger partial charge in [-0.3, -0.25) is 9.69 Å². The molecule has 4 nitrogen and oxygen atoms in total. The van der Waals surface area contributed by atoms with Crippen molar-refractivity contribution in [2.45, 2.75) is 13.3 Å². The highest BCUT2D eigenvalue weighted by Gasteiger charge is 2.31. The van der Waals surface area contributed by atoms with Gasteiger partial charge in [-0.1, -0.05) is 60.4 Å². The summed E-state index contributed by atoms with van der Waals surface area (Å²) < 4.78 is 0.380. The number of carbonyl (C=O) groups excluding carboxylic acids is 2. The summed E-state index contributed by atoms with van der Waals surface area (Å²) in [5.74, 6) is -1.45. The summed E-state index contributed by atoms with van der Waals surface area (Å²) in [6.07, 6.45) is 3.51. The van der Waals surface area contributed by atoms with E-state index >= 15 is 0 Å². The first-order chi connectivity index (χ1) is 10.5. The lowest BCUT2D eigenvalue weighted by Gasteiger charge is -2.14. The zero-order chi connectivity index (χ0) is 16.1. The van der Waals surface area contributed by atoms with E-state index in [1.807, 2.05) is 43.3 Å². The molecular formula is C16H14NO3S2-. The van der Waals surface area contributed by atoms with Gasteiger partial charge in [0.2, 0.25) is 0 Å². The highest BCUT2D eigenvalue weighted by atomic mass is 32.2. The van der Waals surface area contributed by atoms with Crippen LogP contribution in [0.25, 0.3) is 6.08 Å². The average Bonchev–Trinajstić information content (AvgIpc) is 2.72. The summed E-state index contributed by atoms with van der Waals surface area (Å²) >= 11 is 6.31. The van der Waals surface area contributed by atoms with Gasteiger partial charge in [0, 0.05) is 18.9 Å². The number of carboxylic acid groups (broad SMARTS) is 1. The van der Waals surface area contributed by atoms with Gasteiger partial charge in [-0.25, -0.2) is 0 Å². The maximum absolute atomic E-state index is 12.2. The van der Waals surface area contributed by atoms with E-state index in [0.717, 1.165) is 11.1 Å². The predicted molar refractivity (Wildman–Crippen MR) is 89.7 cm³/mol. The molecule has 0 N–H and O–H groups in total. The second kappa shape index (κ2) is 7.38. The van der Waals surface area contributed by atoms with Crippen LogP contribution in [-0.2, 0) is 9.59 Å². The van der Waals surface area contributed by atoms with Crippen LogP contribution in [0.5, 0.6) is 0 Å². The average molecular weight is 332 g/mol. The monoisotopic (exact) mass is 332 g/mol. The van der Waals surface area contributed by atoms with E-state index in [4.69, 9.17) is 12.2 Å². The van der Waals surface area contributed by atoms with E-state index in [9.17, 15) is 14.7 Å². The normalized spacial score (nSPS) is 17.4. The van der Waals surface area contributed by atoms with E-state index in [2.05, 4.69) is 0 Å². The van der Waals surface area contributed by atoms with Crippen LogP contribution < -0.4 is 5.11 Å². The Morgan fingerprint density at radius 1 is 1.36 bits per heavy atom. The smallest absolute Gasteiger partial charge is 0.266 e. The summed E-state index contributed by atoms with van der Waals surface area (Å²) in [5, 5.41) is 10.5. The molecule has 1 saturated heterocycles. The lowest BCUT2D eigenvalue weighted by molar-refractivity contribution is -0.305. The molecule has 1 amide bonds. The van der Waals surface area contributed by atoms with Crippen molar-refractivity contribution >= 4 is 46.3 Å². The van der Waals surface area contributed by atoms with Crippen molar-refractivity contribution in [3.05, 3.63) is 52.4 Å². The first kappa shape index (κ1) is 16.5. The van der Waals surface area contributed by atoms with Crippen molar-refractivity contribution in [3.8, 4) is 0 Å². The number of benzene rings is 1. The van der Waals surface area contributed by atoms with Crippen LogP contribution >= 0.6 is 24.0 Å². The molecule has 1 heterocycles. The Morgan fingerprint density at radius 3 is 2.68 bits per heavy atom. The molecule has 1 fully saturated rings. The minimum absolute atomic E-state index is 0.0474. The molecule has 1 aliphatic heterocycles. The summed E-state index contributed by atoms with van der Waals surface area (Å²) in [4.78, 5) is 24.5. The number of rotatable bonds is 5. The molecule has 2 rings (SSSR count). The Labute approximate surface area is 138 Å². The largest absolute Gasteiger partial charge is 0.550 e. The minimum Gasteiger partial charge on any atom is -0.550 e. The predicted octanol–water partition coefficient (Wildman–Crippen LogP) is 1.97. The molecule has 6 heteroatoms. The van der Waals surface area contributed by atoms with Crippen LogP contribution in [0.2, 0.25) is 0 Å². The second-order valence-electron chi connectivity index (χ2n) is 4.75. The molecule has 22 heavy (non-hydrogen) atoms. The highest BCUT2D eigenvalue weighted by Crippen LogP contribution is 2.32. The van der Waals surface area contributed by atoms with Crippen molar-refractivity contribution in [1.29, 1.82) is 0 Å². The van der Waals surface area contributed by atoms with Crippen molar-refractivity contribution in [2.24, 2.45) is 0 Å². The maximum atomic E-state index is 12.2. The van der Waals surface area contributed by atoms with Gasteiger partial charge >= 0.3 is 0 Å². The van der Waals surface area contributed by atoms with E-state index in [1.54, 1.807) is 6.08 Å². The number of thioether (sulfide) groups is 1. The van der Waals surface area contributed by atoms with Gasteiger partial charge in [0.1, 0.15) is 4.32 Å². The first-order valence-electron chi connectivity index (χ1n) is 6.66. The number of carbonyl (C=O) groups is 2. The second-order valence-corrected chi connectivity index (χ2v) is 6.43. The number of aliphatic carboxylic acids is 1. The number of amides is 1. The summed E-state index contributed by atoms with van der Waals surface area (Å²) in [6, 6.07) is 9.77. The third kappa shape index (κ3) is 4.29. The van der Waals surface area contributed by atoms with Gasteiger partial charge in [-0.2, -0.15) is 0 Å². The molecule has 0 unspecified atom stereocenters. The quantitative estimate of drug-likeness (QED) is 0.609. The van der Waals surface area contributed by atoms with E-state index in [1.165, 1.54) is 16.7 Å². The fourth-order valence-corrected chi connectivity index (χ4v) is 3.31. The van der Waals surface area contributed by atoms with Gasteiger partial charge in [0.05, 0.1) is 4.91 Å². The number of thiocarbonyl (C=S) groups is 1. The maximum Gasteiger partial charge on any atom is 0.266 e. The van der Waals surface area contributed by atoms with E-state index in [-0.39, 0.29) is 18.9 Å². The molecule has 0 aromatic heterocycles. The molecule has 0 saturated carbocycles. The van der Waals surface area contributed by atoms with Crippen molar-refractivity contribution in [3.63, 3.8) is 0 Å². The molecule has 1 aliphatic rings. The molecule has 0 bridgehead atoms. The highest BCUT2D eigenvalue weighted by molar-refractivity contribution is 8.26. The van der Waals surface area contributed by atoms with Crippen LogP contribution in [-0.4, -0.2) is 27.6 Å². The summed E-state index contributed by atoms with van der Waals surface area (Å²) in [7, 11) is 0. The molecule has 1 aromatic rings. The summed E-state index contributed by atoms with van der Waals surface area (Å²) in [5.41, 5.74) is 1.97. The van der Waals surface area contributed by atoms with Gasteiger partial charge in [-0.15, -0.1) is 0 Å². The standard InChI is InChI=1S/C16H15NO3S2/c1-11(9-12-5-3-2-4-6-12)10-13-15(20)17(16(21)22-13)8-7-14(18)19/h2-6,9-10H,7-8H2,1H3,(H,18,19)/p-1/b11-9?,13-10-. The van der Waals surface area contributed by atoms with E-state index < -0.39 is 5.97 Å². The van der Waals surface area contributed by atoms with Gasteiger partial charge < -0.3 is 9.90 Å². The molecule has 0 radical (unpaired) electrons. The Balaban J connectivity index is 2.12. The molecule has 0 spiro atoms. The van der Waals surface area contributed by atoms with Crippen LogP contribution in [0.3, 0.4) is 0 Å². The number of hydrogen-bond acceptors (Lipinski definition) is 5. The third-order valence-corrected chi connectivity index (χ3v) is 4.34. The topological polar surface area (TPSA) is 60.4 Å². The molecule has 114 valence electrons. The zero-order valence-electron chi connectivity index (χ0n) is 11.9. The number of hydrogen-bond donors (Lipinski definition) is 0. The number of nitrogens with zero attached hydrogens (tertiary/aromatic N) is 1. The lowest BCUT2D eigenvalue weighted by Crippen LogP contribution is -2.33. The zero-order valence-corrected chi connectivity index (χ0v) is 13.6. The fraction of sp³-hybridized carbons (Fsp3) is 0.188. The number of carboxylic acids is 1. The lowest BCUT2D eigenvalue weighted by atomic mass is 10.1. The van der Waals surface area contributed by atoms with Gasteiger partial charge in [0.15, 0.2) is 0 Å². The Hall–Kier alpha value is -1.92. The third-order valence-electron chi connectivity index (χ3n) is 2.97. The molecule has 0 atom stereocenters. The SMILES string of the molecule is CC(=Cc1ccccc1)/C=C1\SC(=S)N(CCC(=O)[O-])C1=O. The Kier molecular flexibility index (Phi) is 5.51.